The van der Waals surface area contributed by atoms with Gasteiger partial charge < -0.3 is 10.6 Å². The van der Waals surface area contributed by atoms with Crippen LogP contribution in [0.3, 0.4) is 0 Å². The zero-order valence-electron chi connectivity index (χ0n) is 13.2. The maximum atomic E-state index is 12.5. The Morgan fingerprint density at radius 1 is 1.14 bits per heavy atom. The highest BCUT2D eigenvalue weighted by atomic mass is 16.2. The number of carbonyl (C=O) groups excluding carboxylic acids is 2. The molecule has 0 bridgehead atoms. The number of rotatable bonds is 8. The molecule has 0 saturated carbocycles. The van der Waals surface area contributed by atoms with Gasteiger partial charge in [0.1, 0.15) is 0 Å². The van der Waals surface area contributed by atoms with E-state index in [0.717, 1.165) is 19.3 Å². The minimum absolute atomic E-state index is 0.0863. The van der Waals surface area contributed by atoms with Crippen LogP contribution in [0.4, 0.5) is 0 Å². The van der Waals surface area contributed by atoms with Crippen LogP contribution < -0.4 is 5.73 Å². The standard InChI is InChI=1S/C16H25N3O2/c1-4-7-14-13(15(17)20)10-12(11-18-14)16(21)19(8-5-2)9-6-3/h10-11H,4-9H2,1-3H3,(H2,17,20). The Bertz CT molecular complexity index is 494. The van der Waals surface area contributed by atoms with E-state index in [0.29, 0.717) is 36.3 Å². The second kappa shape index (κ2) is 8.39. The Labute approximate surface area is 126 Å². The first-order valence-corrected chi connectivity index (χ1v) is 7.63. The highest BCUT2D eigenvalue weighted by Gasteiger charge is 2.18. The van der Waals surface area contributed by atoms with Crippen LogP contribution in [-0.4, -0.2) is 34.8 Å². The van der Waals surface area contributed by atoms with E-state index in [2.05, 4.69) is 4.98 Å². The molecule has 0 aliphatic heterocycles. The van der Waals surface area contributed by atoms with Crippen LogP contribution in [0.1, 0.15) is 66.4 Å². The van der Waals surface area contributed by atoms with Crippen molar-refractivity contribution in [3.8, 4) is 0 Å². The van der Waals surface area contributed by atoms with Crippen molar-refractivity contribution in [1.29, 1.82) is 0 Å². The summed E-state index contributed by atoms with van der Waals surface area (Å²) in [6.45, 7) is 7.49. The molecule has 2 amide bonds. The van der Waals surface area contributed by atoms with E-state index < -0.39 is 5.91 Å². The molecule has 116 valence electrons. The quantitative estimate of drug-likeness (QED) is 0.799. The summed E-state index contributed by atoms with van der Waals surface area (Å²) >= 11 is 0. The van der Waals surface area contributed by atoms with Gasteiger partial charge in [0, 0.05) is 19.3 Å². The molecule has 5 heteroatoms. The number of hydrogen-bond acceptors (Lipinski definition) is 3. The van der Waals surface area contributed by atoms with E-state index in [1.165, 1.54) is 0 Å². The number of carbonyl (C=O) groups is 2. The minimum atomic E-state index is -0.530. The average Bonchev–Trinajstić information content (AvgIpc) is 2.47. The molecule has 1 rings (SSSR count). The van der Waals surface area contributed by atoms with Gasteiger partial charge in [0.15, 0.2) is 0 Å². The van der Waals surface area contributed by atoms with Gasteiger partial charge in [-0.25, -0.2) is 0 Å². The highest BCUT2D eigenvalue weighted by molar-refractivity contribution is 5.99. The topological polar surface area (TPSA) is 76.3 Å². The summed E-state index contributed by atoms with van der Waals surface area (Å²) in [4.78, 5) is 30.1. The Kier molecular flexibility index (Phi) is 6.85. The van der Waals surface area contributed by atoms with Gasteiger partial charge in [-0.05, 0) is 25.3 Å². The van der Waals surface area contributed by atoms with E-state index in [-0.39, 0.29) is 5.91 Å². The Balaban J connectivity index is 3.09. The molecule has 0 aliphatic rings. The fourth-order valence-corrected chi connectivity index (χ4v) is 2.30. The van der Waals surface area contributed by atoms with Crippen molar-refractivity contribution in [3.63, 3.8) is 0 Å². The molecule has 0 saturated heterocycles. The van der Waals surface area contributed by atoms with Gasteiger partial charge in [0.2, 0.25) is 0 Å². The number of aromatic nitrogens is 1. The molecular weight excluding hydrogens is 266 g/mol. The molecule has 1 aromatic rings. The molecule has 1 aromatic heterocycles. The van der Waals surface area contributed by atoms with Crippen molar-refractivity contribution in [3.05, 3.63) is 29.1 Å². The Hall–Kier alpha value is -1.91. The van der Waals surface area contributed by atoms with Crippen molar-refractivity contribution < 1.29 is 9.59 Å². The molecule has 0 unspecified atom stereocenters. The number of primary amides is 1. The number of pyridine rings is 1. The van der Waals surface area contributed by atoms with Gasteiger partial charge in [-0.15, -0.1) is 0 Å². The van der Waals surface area contributed by atoms with E-state index in [1.54, 1.807) is 17.2 Å². The fourth-order valence-electron chi connectivity index (χ4n) is 2.30. The number of aryl methyl sites for hydroxylation is 1. The molecule has 5 nitrogen and oxygen atoms in total. The Morgan fingerprint density at radius 3 is 2.24 bits per heavy atom. The predicted octanol–water partition coefficient (Wildman–Crippen LogP) is 2.40. The van der Waals surface area contributed by atoms with Crippen molar-refractivity contribution in [2.45, 2.75) is 46.5 Å². The number of nitrogens with zero attached hydrogens (tertiary/aromatic N) is 2. The monoisotopic (exact) mass is 291 g/mol. The van der Waals surface area contributed by atoms with Gasteiger partial charge in [0.25, 0.3) is 11.8 Å². The van der Waals surface area contributed by atoms with Crippen LogP contribution in [0.2, 0.25) is 0 Å². The zero-order chi connectivity index (χ0) is 15.8. The summed E-state index contributed by atoms with van der Waals surface area (Å²) in [6, 6.07) is 1.58. The van der Waals surface area contributed by atoms with Crippen molar-refractivity contribution >= 4 is 11.8 Å². The van der Waals surface area contributed by atoms with Crippen LogP contribution in [0.15, 0.2) is 12.3 Å². The molecule has 0 atom stereocenters. The summed E-state index contributed by atoms with van der Waals surface area (Å²) in [6.07, 6.45) is 4.91. The van der Waals surface area contributed by atoms with E-state index in [1.807, 2.05) is 20.8 Å². The molecule has 0 spiro atoms. The van der Waals surface area contributed by atoms with Crippen LogP contribution in [0.25, 0.3) is 0 Å². The maximum absolute atomic E-state index is 12.5. The van der Waals surface area contributed by atoms with Crippen molar-refractivity contribution in [1.82, 2.24) is 9.88 Å². The van der Waals surface area contributed by atoms with Crippen LogP contribution in [0, 0.1) is 0 Å². The summed E-state index contributed by atoms with van der Waals surface area (Å²) < 4.78 is 0. The molecule has 21 heavy (non-hydrogen) atoms. The second-order valence-electron chi connectivity index (χ2n) is 5.12. The van der Waals surface area contributed by atoms with Gasteiger partial charge in [0.05, 0.1) is 16.8 Å². The Morgan fingerprint density at radius 2 is 1.76 bits per heavy atom. The molecule has 0 aliphatic carbocycles. The summed E-state index contributed by atoms with van der Waals surface area (Å²) in [5.74, 6) is -0.616. The molecule has 0 aromatic carbocycles. The molecule has 0 radical (unpaired) electrons. The third-order valence-corrected chi connectivity index (χ3v) is 3.24. The highest BCUT2D eigenvalue weighted by Crippen LogP contribution is 2.13. The van der Waals surface area contributed by atoms with Crippen molar-refractivity contribution in [2.75, 3.05) is 13.1 Å². The van der Waals surface area contributed by atoms with E-state index in [9.17, 15) is 9.59 Å². The molecule has 2 N–H and O–H groups in total. The number of nitrogens with two attached hydrogens (primary N) is 1. The summed E-state index contributed by atoms with van der Waals surface area (Å²) in [5, 5.41) is 0. The first kappa shape index (κ1) is 17.1. The van der Waals surface area contributed by atoms with E-state index >= 15 is 0 Å². The zero-order valence-corrected chi connectivity index (χ0v) is 13.2. The van der Waals surface area contributed by atoms with Gasteiger partial charge in [-0.3, -0.25) is 14.6 Å². The van der Waals surface area contributed by atoms with Crippen LogP contribution >= 0.6 is 0 Å². The lowest BCUT2D eigenvalue weighted by Gasteiger charge is -2.21. The SMILES string of the molecule is CCCc1ncc(C(=O)N(CCC)CCC)cc1C(N)=O. The third kappa shape index (κ3) is 4.55. The normalized spacial score (nSPS) is 10.4. The number of amides is 2. The lowest BCUT2D eigenvalue weighted by molar-refractivity contribution is 0.0755. The van der Waals surface area contributed by atoms with Gasteiger partial charge in [-0.1, -0.05) is 27.2 Å². The molecular formula is C16H25N3O2. The first-order chi connectivity index (χ1) is 10.0. The first-order valence-electron chi connectivity index (χ1n) is 7.63. The van der Waals surface area contributed by atoms with E-state index in [4.69, 9.17) is 5.73 Å². The summed E-state index contributed by atoms with van der Waals surface area (Å²) in [7, 11) is 0. The third-order valence-electron chi connectivity index (χ3n) is 3.24. The number of hydrogen-bond donors (Lipinski definition) is 1. The molecule has 1 heterocycles. The van der Waals surface area contributed by atoms with Crippen LogP contribution in [-0.2, 0) is 6.42 Å². The van der Waals surface area contributed by atoms with Crippen LogP contribution in [0.5, 0.6) is 0 Å². The smallest absolute Gasteiger partial charge is 0.255 e. The fraction of sp³-hybridized carbons (Fsp3) is 0.562. The molecule has 0 fully saturated rings. The lowest BCUT2D eigenvalue weighted by atomic mass is 10.1. The van der Waals surface area contributed by atoms with Gasteiger partial charge >= 0.3 is 0 Å². The largest absolute Gasteiger partial charge is 0.366 e. The average molecular weight is 291 g/mol. The van der Waals surface area contributed by atoms with Gasteiger partial charge in [-0.2, -0.15) is 0 Å². The predicted molar refractivity (Wildman–Crippen MR) is 83.2 cm³/mol. The van der Waals surface area contributed by atoms with Crippen molar-refractivity contribution in [2.24, 2.45) is 5.73 Å². The maximum Gasteiger partial charge on any atom is 0.255 e. The lowest BCUT2D eigenvalue weighted by Crippen LogP contribution is -2.33. The summed E-state index contributed by atoms with van der Waals surface area (Å²) in [5.41, 5.74) is 6.86. The minimum Gasteiger partial charge on any atom is -0.366 e. The second-order valence-corrected chi connectivity index (χ2v) is 5.12.